The maximum Gasteiger partial charge on any atom is 0.138 e. The first-order chi connectivity index (χ1) is 6.05. The Bertz CT molecular complexity index is 150. The molecule has 0 aromatic rings. The van der Waals surface area contributed by atoms with Gasteiger partial charge in [-0.05, 0) is 20.8 Å². The average Bonchev–Trinajstić information content (AvgIpc) is 2.11. The number of hydrogen-bond acceptors (Lipinski definition) is 4. The summed E-state index contributed by atoms with van der Waals surface area (Å²) in [6.45, 7) is 12.9. The zero-order valence-corrected chi connectivity index (χ0v) is 9.46. The molecule has 13 heavy (non-hydrogen) atoms. The third-order valence-corrected chi connectivity index (χ3v) is 1.66. The highest BCUT2D eigenvalue weighted by Crippen LogP contribution is 2.05. The SMILES string of the molecule is CCN=NC(C)(C)NN(CC)CC. The van der Waals surface area contributed by atoms with Gasteiger partial charge in [-0.15, -0.1) is 0 Å². The first-order valence-electron chi connectivity index (χ1n) is 4.97. The summed E-state index contributed by atoms with van der Waals surface area (Å²) in [7, 11) is 0. The van der Waals surface area contributed by atoms with Crippen LogP contribution in [-0.4, -0.2) is 30.3 Å². The smallest absolute Gasteiger partial charge is 0.138 e. The summed E-state index contributed by atoms with van der Waals surface area (Å²) < 4.78 is 0. The molecule has 0 amide bonds. The fraction of sp³-hybridized carbons (Fsp3) is 1.00. The molecule has 1 N–H and O–H groups in total. The molecule has 0 rings (SSSR count). The van der Waals surface area contributed by atoms with E-state index in [0.29, 0.717) is 0 Å². The lowest BCUT2D eigenvalue weighted by Crippen LogP contribution is -2.49. The largest absolute Gasteiger partial charge is 0.243 e. The second-order valence-corrected chi connectivity index (χ2v) is 3.40. The van der Waals surface area contributed by atoms with Crippen LogP contribution in [0.3, 0.4) is 0 Å². The van der Waals surface area contributed by atoms with Gasteiger partial charge in [0.05, 0.1) is 6.54 Å². The second-order valence-electron chi connectivity index (χ2n) is 3.40. The molecule has 78 valence electrons. The molecule has 0 saturated heterocycles. The third kappa shape index (κ3) is 5.71. The molecule has 0 atom stereocenters. The summed E-state index contributed by atoms with van der Waals surface area (Å²) in [5, 5.41) is 10.3. The van der Waals surface area contributed by atoms with Crippen molar-refractivity contribution in [3.05, 3.63) is 0 Å². The first-order valence-corrected chi connectivity index (χ1v) is 4.97. The molecular formula is C9H22N4. The Kier molecular flexibility index (Phi) is 5.82. The standard InChI is InChI=1S/C9H22N4/c1-6-10-11-9(4,5)12-13(7-2)8-3/h12H,6-8H2,1-5H3. The molecule has 0 radical (unpaired) electrons. The number of nitrogens with zero attached hydrogens (tertiary/aromatic N) is 3. The van der Waals surface area contributed by atoms with Gasteiger partial charge in [-0.2, -0.15) is 10.2 Å². The number of hydrogen-bond donors (Lipinski definition) is 1. The van der Waals surface area contributed by atoms with E-state index >= 15 is 0 Å². The summed E-state index contributed by atoms with van der Waals surface area (Å²) in [5.74, 6) is 0. The zero-order chi connectivity index (χ0) is 10.3. The van der Waals surface area contributed by atoms with Crippen LogP contribution >= 0.6 is 0 Å². The zero-order valence-electron chi connectivity index (χ0n) is 9.46. The van der Waals surface area contributed by atoms with Gasteiger partial charge in [0, 0.05) is 13.1 Å². The van der Waals surface area contributed by atoms with Gasteiger partial charge in [0.1, 0.15) is 5.66 Å². The van der Waals surface area contributed by atoms with Crippen LogP contribution in [0.15, 0.2) is 10.2 Å². The van der Waals surface area contributed by atoms with E-state index in [1.807, 2.05) is 20.8 Å². The van der Waals surface area contributed by atoms with E-state index in [9.17, 15) is 0 Å². The Balaban J connectivity index is 4.05. The molecule has 0 aliphatic carbocycles. The van der Waals surface area contributed by atoms with Gasteiger partial charge in [-0.25, -0.2) is 10.4 Å². The number of nitrogens with one attached hydrogen (secondary N) is 1. The maximum atomic E-state index is 4.18. The molecule has 0 bridgehead atoms. The van der Waals surface area contributed by atoms with Crippen LogP contribution in [-0.2, 0) is 0 Å². The van der Waals surface area contributed by atoms with E-state index in [1.54, 1.807) is 0 Å². The maximum absolute atomic E-state index is 4.18. The first kappa shape index (κ1) is 12.5. The molecular weight excluding hydrogens is 164 g/mol. The Morgan fingerprint density at radius 3 is 2.08 bits per heavy atom. The Morgan fingerprint density at radius 2 is 1.69 bits per heavy atom. The van der Waals surface area contributed by atoms with Gasteiger partial charge in [0.2, 0.25) is 0 Å². The van der Waals surface area contributed by atoms with Crippen LogP contribution in [0.2, 0.25) is 0 Å². The molecule has 0 aromatic carbocycles. The lowest BCUT2D eigenvalue weighted by molar-refractivity contribution is 0.132. The van der Waals surface area contributed by atoms with Gasteiger partial charge < -0.3 is 0 Å². The van der Waals surface area contributed by atoms with Crippen LogP contribution in [0.4, 0.5) is 0 Å². The predicted octanol–water partition coefficient (Wildman–Crippen LogP) is 2.04. The van der Waals surface area contributed by atoms with E-state index in [0.717, 1.165) is 19.6 Å². The van der Waals surface area contributed by atoms with E-state index < -0.39 is 0 Å². The minimum absolute atomic E-state index is 0.290. The highest BCUT2D eigenvalue weighted by molar-refractivity contribution is 4.70. The van der Waals surface area contributed by atoms with E-state index in [4.69, 9.17) is 0 Å². The molecule has 0 spiro atoms. The molecule has 0 fully saturated rings. The summed E-state index contributed by atoms with van der Waals surface area (Å²) in [5.41, 5.74) is 3.01. The number of hydrazine groups is 1. The Hall–Kier alpha value is -0.480. The van der Waals surface area contributed by atoms with Crippen molar-refractivity contribution in [2.45, 2.75) is 40.3 Å². The fourth-order valence-electron chi connectivity index (χ4n) is 1.04. The van der Waals surface area contributed by atoms with E-state index in [1.165, 1.54) is 0 Å². The monoisotopic (exact) mass is 186 g/mol. The van der Waals surface area contributed by atoms with Crippen molar-refractivity contribution in [2.75, 3.05) is 19.6 Å². The minimum atomic E-state index is -0.290. The second kappa shape index (κ2) is 6.05. The third-order valence-electron chi connectivity index (χ3n) is 1.66. The van der Waals surface area contributed by atoms with E-state index in [2.05, 4.69) is 34.5 Å². The van der Waals surface area contributed by atoms with Gasteiger partial charge >= 0.3 is 0 Å². The highest BCUT2D eigenvalue weighted by Gasteiger charge is 2.17. The molecule has 0 heterocycles. The van der Waals surface area contributed by atoms with Crippen molar-refractivity contribution < 1.29 is 0 Å². The minimum Gasteiger partial charge on any atom is -0.243 e. The number of azo groups is 1. The molecule has 0 saturated carbocycles. The van der Waals surface area contributed by atoms with Crippen LogP contribution < -0.4 is 5.43 Å². The molecule has 4 heteroatoms. The van der Waals surface area contributed by atoms with Crippen molar-refractivity contribution >= 4 is 0 Å². The molecule has 0 aliphatic heterocycles. The summed E-state index contributed by atoms with van der Waals surface area (Å²) >= 11 is 0. The lowest BCUT2D eigenvalue weighted by Gasteiger charge is -2.28. The van der Waals surface area contributed by atoms with Crippen LogP contribution in [0.5, 0.6) is 0 Å². The molecule has 4 nitrogen and oxygen atoms in total. The van der Waals surface area contributed by atoms with Crippen LogP contribution in [0, 0.1) is 0 Å². The van der Waals surface area contributed by atoms with Gasteiger partial charge in [-0.1, -0.05) is 13.8 Å². The summed E-state index contributed by atoms with van der Waals surface area (Å²) in [6.07, 6.45) is 0. The fourth-order valence-corrected chi connectivity index (χ4v) is 1.04. The normalized spacial score (nSPS) is 13.1. The van der Waals surface area contributed by atoms with Crippen molar-refractivity contribution in [1.82, 2.24) is 10.4 Å². The molecule has 0 aromatic heterocycles. The van der Waals surface area contributed by atoms with Gasteiger partial charge in [-0.3, -0.25) is 0 Å². The number of rotatable bonds is 6. The van der Waals surface area contributed by atoms with Crippen LogP contribution in [0.25, 0.3) is 0 Å². The van der Waals surface area contributed by atoms with Crippen LogP contribution in [0.1, 0.15) is 34.6 Å². The van der Waals surface area contributed by atoms with Gasteiger partial charge in [0.25, 0.3) is 0 Å². The highest BCUT2D eigenvalue weighted by atomic mass is 15.6. The molecule has 0 unspecified atom stereocenters. The summed E-state index contributed by atoms with van der Waals surface area (Å²) in [4.78, 5) is 0. The Labute approximate surface area is 81.4 Å². The van der Waals surface area contributed by atoms with Gasteiger partial charge in [0.15, 0.2) is 0 Å². The van der Waals surface area contributed by atoms with E-state index in [-0.39, 0.29) is 5.66 Å². The van der Waals surface area contributed by atoms with Crippen molar-refractivity contribution in [3.8, 4) is 0 Å². The molecule has 0 aliphatic rings. The summed E-state index contributed by atoms with van der Waals surface area (Å²) in [6, 6.07) is 0. The quantitative estimate of drug-likeness (QED) is 0.509. The average molecular weight is 186 g/mol. The lowest BCUT2D eigenvalue weighted by atomic mass is 10.3. The Morgan fingerprint density at radius 1 is 1.15 bits per heavy atom. The van der Waals surface area contributed by atoms with Crippen molar-refractivity contribution in [2.24, 2.45) is 10.2 Å². The van der Waals surface area contributed by atoms with Crippen molar-refractivity contribution in [1.29, 1.82) is 0 Å². The topological polar surface area (TPSA) is 40.0 Å². The predicted molar refractivity (Wildman–Crippen MR) is 55.5 cm³/mol. The van der Waals surface area contributed by atoms with Crippen molar-refractivity contribution in [3.63, 3.8) is 0 Å².